The largest absolute Gasteiger partial charge is 0.497 e. The average Bonchev–Trinajstić information content (AvgIpc) is 2.62. The molecule has 2 aromatic rings. The lowest BCUT2D eigenvalue weighted by Crippen LogP contribution is -2.34. The van der Waals surface area contributed by atoms with Gasteiger partial charge in [0, 0.05) is 23.4 Å². The van der Waals surface area contributed by atoms with E-state index in [0.29, 0.717) is 29.1 Å². The van der Waals surface area contributed by atoms with E-state index < -0.39 is 0 Å². The molecule has 0 aliphatic rings. The third kappa shape index (κ3) is 5.29. The van der Waals surface area contributed by atoms with E-state index in [4.69, 9.17) is 17.0 Å². The van der Waals surface area contributed by atoms with E-state index in [2.05, 4.69) is 16.0 Å². The van der Waals surface area contributed by atoms with Crippen LogP contribution in [-0.4, -0.2) is 30.6 Å². The Hall–Kier alpha value is -2.93. The van der Waals surface area contributed by atoms with Crippen molar-refractivity contribution in [2.45, 2.75) is 6.92 Å². The van der Waals surface area contributed by atoms with E-state index in [1.54, 1.807) is 55.6 Å². The van der Waals surface area contributed by atoms with Crippen molar-refractivity contribution in [3.63, 3.8) is 0 Å². The van der Waals surface area contributed by atoms with Gasteiger partial charge in [0.1, 0.15) is 5.75 Å². The molecule has 0 saturated heterocycles. The van der Waals surface area contributed by atoms with Crippen molar-refractivity contribution in [2.75, 3.05) is 19.0 Å². The van der Waals surface area contributed by atoms with Crippen LogP contribution in [0, 0.1) is 0 Å². The van der Waals surface area contributed by atoms with Gasteiger partial charge in [0.25, 0.3) is 11.8 Å². The van der Waals surface area contributed by atoms with Gasteiger partial charge >= 0.3 is 0 Å². The minimum Gasteiger partial charge on any atom is -0.497 e. The first kappa shape index (κ1) is 18.4. The van der Waals surface area contributed by atoms with Gasteiger partial charge in [-0.25, -0.2) is 0 Å². The van der Waals surface area contributed by atoms with Crippen molar-refractivity contribution in [1.29, 1.82) is 0 Å². The predicted molar refractivity (Wildman–Crippen MR) is 101 cm³/mol. The normalized spacial score (nSPS) is 9.84. The van der Waals surface area contributed by atoms with Gasteiger partial charge in [-0.3, -0.25) is 14.9 Å². The quantitative estimate of drug-likeness (QED) is 0.717. The maximum absolute atomic E-state index is 12.2. The van der Waals surface area contributed by atoms with Crippen LogP contribution in [0.5, 0.6) is 5.75 Å². The summed E-state index contributed by atoms with van der Waals surface area (Å²) in [4.78, 5) is 24.0. The summed E-state index contributed by atoms with van der Waals surface area (Å²) in [7, 11) is 1.56. The van der Waals surface area contributed by atoms with Crippen molar-refractivity contribution in [1.82, 2.24) is 10.6 Å². The summed E-state index contributed by atoms with van der Waals surface area (Å²) in [5.74, 6) is 0.166. The molecule has 0 atom stereocenters. The van der Waals surface area contributed by atoms with Crippen molar-refractivity contribution in [3.05, 3.63) is 59.7 Å². The Kier molecular flexibility index (Phi) is 6.47. The van der Waals surface area contributed by atoms with Crippen LogP contribution in [0.4, 0.5) is 5.69 Å². The molecule has 25 heavy (non-hydrogen) atoms. The van der Waals surface area contributed by atoms with E-state index in [-0.39, 0.29) is 16.9 Å². The van der Waals surface area contributed by atoms with Gasteiger partial charge in [-0.05, 0) is 61.6 Å². The Morgan fingerprint density at radius 3 is 2.40 bits per heavy atom. The van der Waals surface area contributed by atoms with Gasteiger partial charge in [0.15, 0.2) is 5.11 Å². The zero-order valence-corrected chi connectivity index (χ0v) is 14.8. The van der Waals surface area contributed by atoms with E-state index in [1.807, 2.05) is 6.92 Å². The summed E-state index contributed by atoms with van der Waals surface area (Å²) in [5.41, 5.74) is 1.58. The van der Waals surface area contributed by atoms with Crippen LogP contribution >= 0.6 is 12.2 Å². The molecule has 0 spiro atoms. The zero-order chi connectivity index (χ0) is 18.2. The first-order valence-corrected chi connectivity index (χ1v) is 8.09. The fourth-order valence-corrected chi connectivity index (χ4v) is 2.29. The number of hydrogen-bond donors (Lipinski definition) is 3. The molecule has 2 rings (SSSR count). The number of anilines is 1. The third-order valence-electron chi connectivity index (χ3n) is 3.30. The van der Waals surface area contributed by atoms with E-state index in [9.17, 15) is 9.59 Å². The zero-order valence-electron chi connectivity index (χ0n) is 14.0. The van der Waals surface area contributed by atoms with Crippen LogP contribution in [0.25, 0.3) is 0 Å². The summed E-state index contributed by atoms with van der Waals surface area (Å²) >= 11 is 5.15. The number of hydrogen-bond acceptors (Lipinski definition) is 4. The maximum atomic E-state index is 12.2. The molecule has 7 heteroatoms. The molecular formula is C18H19N3O3S. The molecule has 2 amide bonds. The minimum absolute atomic E-state index is 0.147. The molecular weight excluding hydrogens is 338 g/mol. The summed E-state index contributed by atoms with van der Waals surface area (Å²) in [6, 6.07) is 13.5. The smallest absolute Gasteiger partial charge is 0.257 e. The topological polar surface area (TPSA) is 79.5 Å². The van der Waals surface area contributed by atoms with Gasteiger partial charge in [0.2, 0.25) is 0 Å². The van der Waals surface area contributed by atoms with Crippen molar-refractivity contribution in [3.8, 4) is 5.75 Å². The summed E-state index contributed by atoms with van der Waals surface area (Å²) in [6.45, 7) is 2.40. The lowest BCUT2D eigenvalue weighted by molar-refractivity contribution is 0.0953. The van der Waals surface area contributed by atoms with Crippen molar-refractivity contribution >= 4 is 34.8 Å². The molecule has 0 saturated carbocycles. The number of rotatable bonds is 5. The molecule has 0 heterocycles. The lowest BCUT2D eigenvalue weighted by Gasteiger charge is -2.11. The lowest BCUT2D eigenvalue weighted by atomic mass is 10.2. The highest BCUT2D eigenvalue weighted by molar-refractivity contribution is 7.80. The van der Waals surface area contributed by atoms with Crippen molar-refractivity contribution < 1.29 is 14.3 Å². The molecule has 6 nitrogen and oxygen atoms in total. The fraction of sp³-hybridized carbons (Fsp3) is 0.167. The number of ether oxygens (including phenoxy) is 1. The van der Waals surface area contributed by atoms with Crippen LogP contribution in [0.15, 0.2) is 48.5 Å². The van der Waals surface area contributed by atoms with Crippen molar-refractivity contribution in [2.24, 2.45) is 0 Å². The highest BCUT2D eigenvalue weighted by Gasteiger charge is 2.09. The van der Waals surface area contributed by atoms with Gasteiger partial charge < -0.3 is 15.4 Å². The standard InChI is InChI=1S/C18H19N3O3S/c1-3-19-16(22)13-5-4-6-14(11-13)20-18(25)21-17(23)12-7-9-15(24-2)10-8-12/h4-11H,3H2,1-2H3,(H,19,22)(H2,20,21,23,25). The van der Waals surface area contributed by atoms with E-state index in [0.717, 1.165) is 0 Å². The average molecular weight is 357 g/mol. The highest BCUT2D eigenvalue weighted by atomic mass is 32.1. The number of benzene rings is 2. The number of methoxy groups -OCH3 is 1. The first-order valence-electron chi connectivity index (χ1n) is 7.68. The second kappa shape index (κ2) is 8.79. The highest BCUT2D eigenvalue weighted by Crippen LogP contribution is 2.12. The second-order valence-electron chi connectivity index (χ2n) is 5.08. The Bertz CT molecular complexity index is 775. The minimum atomic E-state index is -0.333. The van der Waals surface area contributed by atoms with Gasteiger partial charge in [-0.2, -0.15) is 0 Å². The molecule has 2 aromatic carbocycles. The molecule has 0 bridgehead atoms. The second-order valence-corrected chi connectivity index (χ2v) is 5.49. The monoisotopic (exact) mass is 357 g/mol. The van der Waals surface area contributed by atoms with Crippen LogP contribution in [0.1, 0.15) is 27.6 Å². The molecule has 0 aliphatic heterocycles. The summed E-state index contributed by atoms with van der Waals surface area (Å²) in [6.07, 6.45) is 0. The Balaban J connectivity index is 1.98. The van der Waals surface area contributed by atoms with Gasteiger partial charge in [0.05, 0.1) is 7.11 Å². The molecule has 0 unspecified atom stereocenters. The van der Waals surface area contributed by atoms with Crippen LogP contribution < -0.4 is 20.7 Å². The molecule has 0 fully saturated rings. The Morgan fingerprint density at radius 1 is 1.04 bits per heavy atom. The number of carbonyl (C=O) groups excluding carboxylic acids is 2. The number of nitrogens with one attached hydrogen (secondary N) is 3. The van der Waals surface area contributed by atoms with E-state index in [1.165, 1.54) is 0 Å². The first-order chi connectivity index (χ1) is 12.0. The van der Waals surface area contributed by atoms with Gasteiger partial charge in [-0.15, -0.1) is 0 Å². The Labute approximate surface area is 151 Å². The predicted octanol–water partition coefficient (Wildman–Crippen LogP) is 2.57. The molecule has 130 valence electrons. The molecule has 0 aliphatic carbocycles. The van der Waals surface area contributed by atoms with Crippen LogP contribution in [0.3, 0.4) is 0 Å². The van der Waals surface area contributed by atoms with Gasteiger partial charge in [-0.1, -0.05) is 6.07 Å². The molecule has 3 N–H and O–H groups in total. The number of amides is 2. The third-order valence-corrected chi connectivity index (χ3v) is 3.50. The van der Waals surface area contributed by atoms with Crippen LogP contribution in [0.2, 0.25) is 0 Å². The summed E-state index contributed by atoms with van der Waals surface area (Å²) in [5, 5.41) is 8.37. The Morgan fingerprint density at radius 2 is 1.76 bits per heavy atom. The number of thiocarbonyl (C=S) groups is 1. The summed E-state index contributed by atoms with van der Waals surface area (Å²) < 4.78 is 5.05. The maximum Gasteiger partial charge on any atom is 0.257 e. The fourth-order valence-electron chi connectivity index (χ4n) is 2.08. The number of carbonyl (C=O) groups is 2. The SMILES string of the molecule is CCNC(=O)c1cccc(NC(=S)NC(=O)c2ccc(OC)cc2)c1. The van der Waals surface area contributed by atoms with Crippen LogP contribution in [-0.2, 0) is 0 Å². The molecule has 0 aromatic heterocycles. The van der Waals surface area contributed by atoms with E-state index >= 15 is 0 Å². The molecule has 0 radical (unpaired) electrons.